The molecule has 0 aliphatic carbocycles. The fourth-order valence-electron chi connectivity index (χ4n) is 5.47. The topological polar surface area (TPSA) is 158 Å². The Morgan fingerprint density at radius 3 is 2.34 bits per heavy atom. The zero-order valence-corrected chi connectivity index (χ0v) is 25.9. The fourth-order valence-corrected chi connectivity index (χ4v) is 6.89. The predicted octanol–water partition coefficient (Wildman–Crippen LogP) is 3.16. The van der Waals surface area contributed by atoms with Crippen LogP contribution in [0.2, 0.25) is 0 Å². The molecule has 0 saturated carbocycles. The zero-order chi connectivity index (χ0) is 32.0. The molecule has 236 valence electrons. The minimum atomic E-state index is -3.66. The van der Waals surface area contributed by atoms with Crippen molar-refractivity contribution in [3.05, 3.63) is 75.5 Å². The number of nitro benzene ring substituents is 1. The SMILES string of the molecule is CCOC(=O)C1C(C)=NC(C)=C(C(=O)OCCN2CCN(S(=O)(=O)c3ccc(OC)cc3)CC2)[C@@H]1c1cccc([N+](=O)[O-])c1. The monoisotopic (exact) mass is 628 g/mol. The van der Waals surface area contributed by atoms with Gasteiger partial charge in [-0.1, -0.05) is 12.1 Å². The second kappa shape index (κ2) is 14.1. The van der Waals surface area contributed by atoms with E-state index in [9.17, 15) is 28.1 Å². The third kappa shape index (κ3) is 7.14. The van der Waals surface area contributed by atoms with Crippen LogP contribution < -0.4 is 4.74 Å². The van der Waals surface area contributed by atoms with E-state index < -0.39 is 38.7 Å². The van der Waals surface area contributed by atoms with E-state index in [4.69, 9.17) is 14.2 Å². The first-order valence-electron chi connectivity index (χ1n) is 14.2. The molecule has 1 saturated heterocycles. The predicted molar refractivity (Wildman–Crippen MR) is 161 cm³/mol. The number of nitro groups is 1. The molecular formula is C30H36N4O9S. The van der Waals surface area contributed by atoms with Crippen LogP contribution in [-0.4, -0.2) is 93.2 Å². The Balaban J connectivity index is 1.44. The van der Waals surface area contributed by atoms with E-state index in [-0.39, 0.29) is 42.5 Å². The van der Waals surface area contributed by atoms with E-state index in [0.29, 0.717) is 42.4 Å². The number of carbonyl (C=O) groups is 2. The quantitative estimate of drug-likeness (QED) is 0.206. The Hall–Kier alpha value is -4.14. The number of methoxy groups -OCH3 is 1. The number of allylic oxidation sites excluding steroid dienone is 1. The van der Waals surface area contributed by atoms with Crippen molar-refractivity contribution in [2.24, 2.45) is 10.9 Å². The number of nitrogens with zero attached hydrogens (tertiary/aromatic N) is 4. The highest BCUT2D eigenvalue weighted by Crippen LogP contribution is 2.41. The second-order valence-corrected chi connectivity index (χ2v) is 12.3. The summed E-state index contributed by atoms with van der Waals surface area (Å²) in [4.78, 5) is 44.2. The van der Waals surface area contributed by atoms with Crippen LogP contribution in [-0.2, 0) is 29.1 Å². The van der Waals surface area contributed by atoms with Crippen molar-refractivity contribution in [2.75, 3.05) is 53.0 Å². The van der Waals surface area contributed by atoms with Crippen LogP contribution in [0.3, 0.4) is 0 Å². The molecule has 0 spiro atoms. The molecule has 14 heteroatoms. The maximum absolute atomic E-state index is 13.5. The number of sulfonamides is 1. The minimum absolute atomic E-state index is 0.00920. The Morgan fingerprint density at radius 1 is 1.05 bits per heavy atom. The highest BCUT2D eigenvalue weighted by atomic mass is 32.2. The third-order valence-electron chi connectivity index (χ3n) is 7.70. The largest absolute Gasteiger partial charge is 0.497 e. The Kier molecular flexibility index (Phi) is 10.5. The molecule has 2 heterocycles. The highest BCUT2D eigenvalue weighted by molar-refractivity contribution is 7.89. The zero-order valence-electron chi connectivity index (χ0n) is 25.1. The smallest absolute Gasteiger partial charge is 0.336 e. The number of hydrogen-bond acceptors (Lipinski definition) is 11. The van der Waals surface area contributed by atoms with Crippen molar-refractivity contribution >= 4 is 33.4 Å². The van der Waals surface area contributed by atoms with Gasteiger partial charge in [0, 0.05) is 62.2 Å². The molecule has 2 aliphatic rings. The number of hydrogen-bond donors (Lipinski definition) is 0. The number of benzene rings is 2. The van der Waals surface area contributed by atoms with Gasteiger partial charge in [-0.2, -0.15) is 4.31 Å². The first kappa shape index (κ1) is 32.8. The summed E-state index contributed by atoms with van der Waals surface area (Å²) in [7, 11) is -2.15. The van der Waals surface area contributed by atoms with Gasteiger partial charge in [0.15, 0.2) is 0 Å². The summed E-state index contributed by atoms with van der Waals surface area (Å²) in [5, 5.41) is 11.5. The molecule has 0 N–H and O–H groups in total. The number of non-ortho nitro benzene ring substituents is 1. The molecule has 1 fully saturated rings. The first-order valence-corrected chi connectivity index (χ1v) is 15.6. The van der Waals surface area contributed by atoms with Crippen LogP contribution in [0.1, 0.15) is 32.3 Å². The van der Waals surface area contributed by atoms with Gasteiger partial charge in [0.1, 0.15) is 18.3 Å². The van der Waals surface area contributed by atoms with Crippen molar-refractivity contribution in [3.63, 3.8) is 0 Å². The summed E-state index contributed by atoms with van der Waals surface area (Å²) in [6.45, 7) is 6.88. The van der Waals surface area contributed by atoms with Gasteiger partial charge >= 0.3 is 11.9 Å². The van der Waals surface area contributed by atoms with Crippen molar-refractivity contribution in [2.45, 2.75) is 31.6 Å². The average molecular weight is 629 g/mol. The fraction of sp³-hybridized carbons (Fsp3) is 0.433. The lowest BCUT2D eigenvalue weighted by Crippen LogP contribution is -2.49. The number of rotatable bonds is 11. The Morgan fingerprint density at radius 2 is 1.73 bits per heavy atom. The molecule has 4 rings (SSSR count). The van der Waals surface area contributed by atoms with Gasteiger partial charge in [-0.25, -0.2) is 13.2 Å². The van der Waals surface area contributed by atoms with E-state index in [1.54, 1.807) is 39.0 Å². The third-order valence-corrected chi connectivity index (χ3v) is 9.61. The summed E-state index contributed by atoms with van der Waals surface area (Å²) in [6, 6.07) is 12.0. The molecule has 2 atom stereocenters. The molecule has 0 aromatic heterocycles. The molecule has 2 aromatic carbocycles. The summed E-state index contributed by atoms with van der Waals surface area (Å²) < 4.78 is 43.6. The van der Waals surface area contributed by atoms with Crippen LogP contribution in [0.25, 0.3) is 0 Å². The standard InChI is InChI=1S/C30H36N4O9S/c1-5-42-29(35)26-20(2)31-21(3)27(28(26)22-7-6-8-23(19-22)34(37)38)30(36)43-18-17-32-13-15-33(16-14-32)44(39,40)25-11-9-24(41-4)10-12-25/h6-12,19,26,28H,5,13-18H2,1-4H3/t26?,28-/m1/s1. The maximum Gasteiger partial charge on any atom is 0.336 e. The van der Waals surface area contributed by atoms with Gasteiger partial charge in [-0.05, 0) is 50.6 Å². The Labute approximate surface area is 256 Å². The summed E-state index contributed by atoms with van der Waals surface area (Å²) >= 11 is 0. The van der Waals surface area contributed by atoms with Crippen LogP contribution in [0.15, 0.2) is 69.7 Å². The summed E-state index contributed by atoms with van der Waals surface area (Å²) in [6.07, 6.45) is 0. The van der Waals surface area contributed by atoms with Gasteiger partial charge < -0.3 is 14.2 Å². The lowest BCUT2D eigenvalue weighted by molar-refractivity contribution is -0.384. The van der Waals surface area contributed by atoms with Crippen molar-refractivity contribution in [3.8, 4) is 5.75 Å². The van der Waals surface area contributed by atoms with Crippen molar-refractivity contribution < 1.29 is 37.1 Å². The van der Waals surface area contributed by atoms with Crippen LogP contribution in [0.4, 0.5) is 5.69 Å². The summed E-state index contributed by atoms with van der Waals surface area (Å²) in [5.74, 6) is -2.58. The number of ether oxygens (including phenoxy) is 3. The van der Waals surface area contributed by atoms with E-state index in [1.165, 1.54) is 41.7 Å². The molecule has 2 aromatic rings. The lowest BCUT2D eigenvalue weighted by atomic mass is 9.75. The van der Waals surface area contributed by atoms with E-state index in [0.717, 1.165) is 0 Å². The van der Waals surface area contributed by atoms with Gasteiger partial charge in [-0.15, -0.1) is 0 Å². The van der Waals surface area contributed by atoms with Gasteiger partial charge in [0.05, 0.1) is 29.1 Å². The molecule has 2 aliphatic heterocycles. The van der Waals surface area contributed by atoms with Gasteiger partial charge in [0.2, 0.25) is 10.0 Å². The van der Waals surface area contributed by atoms with Crippen molar-refractivity contribution in [1.82, 2.24) is 9.21 Å². The minimum Gasteiger partial charge on any atom is -0.497 e. The number of aliphatic imine (C=N–C) groups is 1. The van der Waals surface area contributed by atoms with E-state index in [1.807, 2.05) is 4.90 Å². The molecule has 13 nitrogen and oxygen atoms in total. The molecule has 0 radical (unpaired) electrons. The number of carbonyl (C=O) groups excluding carboxylic acids is 2. The van der Waals surface area contributed by atoms with Gasteiger partial charge in [0.25, 0.3) is 5.69 Å². The lowest BCUT2D eigenvalue weighted by Gasteiger charge is -2.34. The second-order valence-electron chi connectivity index (χ2n) is 10.4. The Bertz CT molecular complexity index is 1560. The van der Waals surface area contributed by atoms with Gasteiger partial charge in [-0.3, -0.25) is 24.8 Å². The number of esters is 2. The van der Waals surface area contributed by atoms with Crippen LogP contribution in [0.5, 0.6) is 5.75 Å². The molecular weight excluding hydrogens is 592 g/mol. The van der Waals surface area contributed by atoms with Crippen LogP contribution >= 0.6 is 0 Å². The van der Waals surface area contributed by atoms with Crippen LogP contribution in [0, 0.1) is 16.0 Å². The molecule has 1 unspecified atom stereocenters. The van der Waals surface area contributed by atoms with Crippen molar-refractivity contribution in [1.29, 1.82) is 0 Å². The number of piperazine rings is 1. The maximum atomic E-state index is 13.5. The van der Waals surface area contributed by atoms with E-state index >= 15 is 0 Å². The highest BCUT2D eigenvalue weighted by Gasteiger charge is 2.43. The average Bonchev–Trinajstić information content (AvgIpc) is 3.01. The molecule has 0 amide bonds. The summed E-state index contributed by atoms with van der Waals surface area (Å²) in [5.41, 5.74) is 1.12. The molecule has 44 heavy (non-hydrogen) atoms. The van der Waals surface area contributed by atoms with E-state index in [2.05, 4.69) is 4.99 Å². The molecule has 0 bridgehead atoms. The first-order chi connectivity index (χ1) is 21.0. The normalized spacial score (nSPS) is 19.7.